The first-order chi connectivity index (χ1) is 8.93. The van der Waals surface area contributed by atoms with Gasteiger partial charge in [-0.1, -0.05) is 15.9 Å². The number of nitrogens with zero attached hydrogens (tertiary/aromatic N) is 3. The molecule has 5 heteroatoms. The molecule has 1 aromatic carbocycles. The van der Waals surface area contributed by atoms with Crippen molar-refractivity contribution in [1.82, 2.24) is 9.78 Å². The first-order valence-electron chi connectivity index (χ1n) is 5.91. The van der Waals surface area contributed by atoms with Crippen molar-refractivity contribution < 1.29 is 0 Å². The molecule has 1 heterocycles. The highest BCUT2D eigenvalue weighted by Crippen LogP contribution is 2.29. The van der Waals surface area contributed by atoms with E-state index < -0.39 is 0 Å². The number of rotatable bonds is 2. The first-order valence-corrected chi connectivity index (χ1v) is 6.70. The van der Waals surface area contributed by atoms with E-state index in [4.69, 9.17) is 0 Å². The minimum Gasteiger partial charge on any atom is -0.339 e. The number of aromatic nitrogens is 2. The summed E-state index contributed by atoms with van der Waals surface area (Å²) in [5.74, 6) is 0.730. The summed E-state index contributed by atoms with van der Waals surface area (Å²) in [4.78, 5) is 0. The molecule has 2 rings (SSSR count). The third kappa shape index (κ3) is 2.49. The smallest absolute Gasteiger partial charge is 0.146 e. The molecular weight excluding hydrogens is 304 g/mol. The van der Waals surface area contributed by atoms with Gasteiger partial charge in [-0.3, -0.25) is 4.68 Å². The Kier molecular flexibility index (Phi) is 3.63. The van der Waals surface area contributed by atoms with Gasteiger partial charge in [0.05, 0.1) is 5.69 Å². The van der Waals surface area contributed by atoms with Crippen molar-refractivity contribution in [1.29, 1.82) is 5.26 Å². The second-order valence-corrected chi connectivity index (χ2v) is 5.50. The Bertz CT molecular complexity index is 656. The Morgan fingerprint density at radius 1 is 1.26 bits per heavy atom. The van der Waals surface area contributed by atoms with Gasteiger partial charge in [0.25, 0.3) is 0 Å². The largest absolute Gasteiger partial charge is 0.339 e. The van der Waals surface area contributed by atoms with Gasteiger partial charge in [0.2, 0.25) is 0 Å². The van der Waals surface area contributed by atoms with Gasteiger partial charge in [-0.15, -0.1) is 0 Å². The molecule has 19 heavy (non-hydrogen) atoms. The fourth-order valence-corrected chi connectivity index (χ4v) is 2.85. The summed E-state index contributed by atoms with van der Waals surface area (Å²) in [7, 11) is 1.83. The minimum atomic E-state index is 0.587. The minimum absolute atomic E-state index is 0.587. The molecule has 0 bridgehead atoms. The molecule has 0 atom stereocenters. The van der Waals surface area contributed by atoms with E-state index in [1.165, 1.54) is 0 Å². The van der Waals surface area contributed by atoms with E-state index in [1.807, 2.05) is 40.0 Å². The molecule has 2 aromatic rings. The second kappa shape index (κ2) is 5.06. The first kappa shape index (κ1) is 13.6. The standard InChI is InChI=1S/C14H15BrN4/c1-8-5-11(15)6-9(2)13(8)17-14-12(7-16)10(3)18-19(14)4/h5-6,17H,1-4H3. The molecule has 4 nitrogen and oxygen atoms in total. The van der Waals surface area contributed by atoms with Gasteiger partial charge in [-0.2, -0.15) is 10.4 Å². The third-order valence-corrected chi connectivity index (χ3v) is 3.53. The van der Waals surface area contributed by atoms with Gasteiger partial charge in [0, 0.05) is 17.2 Å². The molecule has 98 valence electrons. The molecule has 0 spiro atoms. The van der Waals surface area contributed by atoms with Crippen molar-refractivity contribution in [3.63, 3.8) is 0 Å². The molecule has 0 amide bonds. The van der Waals surface area contributed by atoms with Crippen molar-refractivity contribution in [2.75, 3.05) is 5.32 Å². The van der Waals surface area contributed by atoms with Gasteiger partial charge in [-0.05, 0) is 44.0 Å². The summed E-state index contributed by atoms with van der Waals surface area (Å²) in [5.41, 5.74) is 4.58. The van der Waals surface area contributed by atoms with Crippen LogP contribution in [0.4, 0.5) is 11.5 Å². The summed E-state index contributed by atoms with van der Waals surface area (Å²) in [6, 6.07) is 6.29. The van der Waals surface area contributed by atoms with Crippen LogP contribution < -0.4 is 5.32 Å². The molecule has 1 N–H and O–H groups in total. The maximum absolute atomic E-state index is 9.22. The summed E-state index contributed by atoms with van der Waals surface area (Å²) in [5, 5.41) is 16.8. The monoisotopic (exact) mass is 318 g/mol. The summed E-state index contributed by atoms with van der Waals surface area (Å²) < 4.78 is 2.75. The van der Waals surface area contributed by atoms with Crippen molar-refractivity contribution in [3.05, 3.63) is 39.0 Å². The lowest BCUT2D eigenvalue weighted by atomic mass is 10.1. The zero-order valence-corrected chi connectivity index (χ0v) is 13.0. The van der Waals surface area contributed by atoms with E-state index in [0.29, 0.717) is 5.56 Å². The van der Waals surface area contributed by atoms with Gasteiger partial charge < -0.3 is 5.32 Å². The summed E-state index contributed by atoms with van der Waals surface area (Å²) in [6.07, 6.45) is 0. The van der Waals surface area contributed by atoms with E-state index in [1.54, 1.807) is 4.68 Å². The summed E-state index contributed by atoms with van der Waals surface area (Å²) in [6.45, 7) is 5.91. The number of nitrogens with one attached hydrogen (secondary N) is 1. The molecule has 0 saturated heterocycles. The number of hydrogen-bond donors (Lipinski definition) is 1. The fourth-order valence-electron chi connectivity index (χ4n) is 2.16. The quantitative estimate of drug-likeness (QED) is 0.918. The zero-order chi connectivity index (χ0) is 14.2. The molecule has 0 aliphatic carbocycles. The number of nitriles is 1. The van der Waals surface area contributed by atoms with Crippen LogP contribution in [-0.4, -0.2) is 9.78 Å². The molecule has 0 fully saturated rings. The van der Waals surface area contributed by atoms with Crippen molar-refractivity contribution in [3.8, 4) is 6.07 Å². The van der Waals surface area contributed by atoms with Gasteiger partial charge in [0.1, 0.15) is 17.5 Å². The predicted molar refractivity (Wildman–Crippen MR) is 79.6 cm³/mol. The maximum Gasteiger partial charge on any atom is 0.146 e. The normalized spacial score (nSPS) is 10.3. The van der Waals surface area contributed by atoms with Crippen LogP contribution in [0.3, 0.4) is 0 Å². The average Bonchev–Trinajstić information content (AvgIpc) is 2.57. The van der Waals surface area contributed by atoms with Crippen LogP contribution in [0.15, 0.2) is 16.6 Å². The van der Waals surface area contributed by atoms with E-state index in [-0.39, 0.29) is 0 Å². The Morgan fingerprint density at radius 2 is 1.84 bits per heavy atom. The SMILES string of the molecule is Cc1cc(Br)cc(C)c1Nc1c(C#N)c(C)nn1C. The maximum atomic E-state index is 9.22. The number of aryl methyl sites for hydroxylation is 4. The molecule has 0 unspecified atom stereocenters. The predicted octanol–water partition coefficient (Wildman–Crippen LogP) is 3.72. The molecule has 0 aliphatic heterocycles. The fraction of sp³-hybridized carbons (Fsp3) is 0.286. The van der Waals surface area contributed by atoms with Crippen LogP contribution in [0.1, 0.15) is 22.4 Å². The molecule has 0 radical (unpaired) electrons. The highest BCUT2D eigenvalue weighted by Gasteiger charge is 2.14. The number of halogens is 1. The van der Waals surface area contributed by atoms with Gasteiger partial charge in [-0.25, -0.2) is 0 Å². The van der Waals surface area contributed by atoms with Gasteiger partial charge >= 0.3 is 0 Å². The Balaban J connectivity index is 2.51. The van der Waals surface area contributed by atoms with Crippen molar-refractivity contribution >= 4 is 27.4 Å². The second-order valence-electron chi connectivity index (χ2n) is 4.58. The molecule has 1 aromatic heterocycles. The Hall–Kier alpha value is -1.80. The molecule has 0 aliphatic rings. The van der Waals surface area contributed by atoms with Crippen LogP contribution in [0.25, 0.3) is 0 Å². The zero-order valence-electron chi connectivity index (χ0n) is 11.4. The molecular formula is C14H15BrN4. The van der Waals surface area contributed by atoms with Crippen LogP contribution in [0.2, 0.25) is 0 Å². The van der Waals surface area contributed by atoms with Crippen molar-refractivity contribution in [2.45, 2.75) is 20.8 Å². The van der Waals surface area contributed by atoms with Crippen LogP contribution >= 0.6 is 15.9 Å². The number of benzene rings is 1. The van der Waals surface area contributed by atoms with Crippen LogP contribution in [0.5, 0.6) is 0 Å². The topological polar surface area (TPSA) is 53.6 Å². The lowest BCUT2D eigenvalue weighted by molar-refractivity contribution is 0.764. The number of hydrogen-bond acceptors (Lipinski definition) is 3. The van der Waals surface area contributed by atoms with Gasteiger partial charge in [0.15, 0.2) is 0 Å². The lowest BCUT2D eigenvalue weighted by Crippen LogP contribution is -2.03. The van der Waals surface area contributed by atoms with Crippen LogP contribution in [-0.2, 0) is 7.05 Å². The molecule has 0 saturated carbocycles. The highest BCUT2D eigenvalue weighted by atomic mass is 79.9. The summed E-state index contributed by atoms with van der Waals surface area (Å²) >= 11 is 3.48. The Labute approximate surface area is 121 Å². The van der Waals surface area contributed by atoms with E-state index >= 15 is 0 Å². The van der Waals surface area contributed by atoms with E-state index in [9.17, 15) is 5.26 Å². The van der Waals surface area contributed by atoms with Crippen molar-refractivity contribution in [2.24, 2.45) is 7.05 Å². The number of anilines is 2. The van der Waals surface area contributed by atoms with E-state index in [2.05, 4.69) is 32.4 Å². The third-order valence-electron chi connectivity index (χ3n) is 3.07. The highest BCUT2D eigenvalue weighted by molar-refractivity contribution is 9.10. The average molecular weight is 319 g/mol. The van der Waals surface area contributed by atoms with Crippen LogP contribution in [0, 0.1) is 32.1 Å². The van der Waals surface area contributed by atoms with E-state index in [0.717, 1.165) is 32.8 Å². The lowest BCUT2D eigenvalue weighted by Gasteiger charge is -2.13. The Morgan fingerprint density at radius 3 is 2.37 bits per heavy atom.